The van der Waals surface area contributed by atoms with Crippen molar-refractivity contribution in [2.75, 3.05) is 13.1 Å². The molecule has 1 aliphatic heterocycles. The van der Waals surface area contributed by atoms with Gasteiger partial charge < -0.3 is 5.32 Å². The number of hydrogen-bond donors (Lipinski definition) is 2. The van der Waals surface area contributed by atoms with Crippen LogP contribution in [0.2, 0.25) is 0 Å². The molecular formula is C9H13BrN2O2S2. The number of sulfonamides is 1. The van der Waals surface area contributed by atoms with Gasteiger partial charge in [-0.05, 0) is 47.3 Å². The standard InChI is InChI=1S/C9H13BrN2O2S2/c1-9(3-4-11-6-9)12-16(13,14)8-7(10)2-5-15-8/h2,5,11-12H,3-4,6H2,1H3. The van der Waals surface area contributed by atoms with Crippen molar-refractivity contribution >= 4 is 37.3 Å². The molecule has 1 saturated heterocycles. The van der Waals surface area contributed by atoms with Gasteiger partial charge in [-0.25, -0.2) is 13.1 Å². The summed E-state index contributed by atoms with van der Waals surface area (Å²) in [6, 6.07) is 1.74. The molecule has 90 valence electrons. The molecule has 16 heavy (non-hydrogen) atoms. The van der Waals surface area contributed by atoms with Crippen molar-refractivity contribution in [2.24, 2.45) is 0 Å². The van der Waals surface area contributed by atoms with E-state index in [1.807, 2.05) is 6.92 Å². The second kappa shape index (κ2) is 4.38. The molecule has 1 unspecified atom stereocenters. The van der Waals surface area contributed by atoms with Gasteiger partial charge in [0.05, 0.1) is 0 Å². The fourth-order valence-corrected chi connectivity index (χ4v) is 5.52. The number of hydrogen-bond acceptors (Lipinski definition) is 4. The molecule has 4 nitrogen and oxygen atoms in total. The number of nitrogens with one attached hydrogen (secondary N) is 2. The highest BCUT2D eigenvalue weighted by Crippen LogP contribution is 2.29. The van der Waals surface area contributed by atoms with Crippen molar-refractivity contribution in [3.63, 3.8) is 0 Å². The predicted molar refractivity (Wildman–Crippen MR) is 68.2 cm³/mol. The Hall–Kier alpha value is 0.0500. The van der Waals surface area contributed by atoms with Crippen LogP contribution in [0.1, 0.15) is 13.3 Å². The Bertz CT molecular complexity index is 477. The molecule has 0 aliphatic carbocycles. The topological polar surface area (TPSA) is 58.2 Å². The largest absolute Gasteiger partial charge is 0.315 e. The quantitative estimate of drug-likeness (QED) is 0.886. The van der Waals surface area contributed by atoms with Crippen LogP contribution in [0.3, 0.4) is 0 Å². The first-order valence-electron chi connectivity index (χ1n) is 4.91. The number of thiophene rings is 1. The van der Waals surface area contributed by atoms with Gasteiger partial charge in [0.25, 0.3) is 10.0 Å². The number of halogens is 1. The van der Waals surface area contributed by atoms with Crippen LogP contribution < -0.4 is 10.0 Å². The van der Waals surface area contributed by atoms with E-state index in [1.165, 1.54) is 11.3 Å². The highest BCUT2D eigenvalue weighted by atomic mass is 79.9. The molecule has 0 radical (unpaired) electrons. The van der Waals surface area contributed by atoms with E-state index in [0.717, 1.165) is 13.0 Å². The van der Waals surface area contributed by atoms with Crippen molar-refractivity contribution in [2.45, 2.75) is 23.1 Å². The maximum Gasteiger partial charge on any atom is 0.251 e. The van der Waals surface area contributed by atoms with Crippen LogP contribution in [0.25, 0.3) is 0 Å². The molecule has 2 heterocycles. The lowest BCUT2D eigenvalue weighted by Crippen LogP contribution is -2.47. The summed E-state index contributed by atoms with van der Waals surface area (Å²) in [7, 11) is -3.41. The zero-order valence-corrected chi connectivity index (χ0v) is 12.0. The first-order valence-corrected chi connectivity index (χ1v) is 8.06. The fourth-order valence-electron chi connectivity index (χ4n) is 1.75. The van der Waals surface area contributed by atoms with E-state index in [-0.39, 0.29) is 5.54 Å². The van der Waals surface area contributed by atoms with Crippen LogP contribution in [0.15, 0.2) is 20.1 Å². The third-order valence-corrected chi connectivity index (χ3v) is 6.89. The van der Waals surface area contributed by atoms with Crippen molar-refractivity contribution in [3.05, 3.63) is 15.9 Å². The molecule has 1 aromatic heterocycles. The van der Waals surface area contributed by atoms with E-state index in [0.29, 0.717) is 15.2 Å². The van der Waals surface area contributed by atoms with Gasteiger partial charge >= 0.3 is 0 Å². The van der Waals surface area contributed by atoms with Gasteiger partial charge in [0.15, 0.2) is 0 Å². The summed E-state index contributed by atoms with van der Waals surface area (Å²) < 4.78 is 28.0. The summed E-state index contributed by atoms with van der Waals surface area (Å²) >= 11 is 4.47. The molecule has 0 bridgehead atoms. The molecule has 2 rings (SSSR count). The highest BCUT2D eigenvalue weighted by molar-refractivity contribution is 9.10. The van der Waals surface area contributed by atoms with Crippen LogP contribution in [-0.4, -0.2) is 27.0 Å². The molecule has 0 saturated carbocycles. The van der Waals surface area contributed by atoms with Crippen LogP contribution >= 0.6 is 27.3 Å². The second-order valence-electron chi connectivity index (χ2n) is 4.15. The lowest BCUT2D eigenvalue weighted by Gasteiger charge is -2.23. The first-order chi connectivity index (χ1) is 7.43. The maximum atomic E-state index is 12.1. The first kappa shape index (κ1) is 12.5. The van der Waals surface area contributed by atoms with Crippen molar-refractivity contribution in [3.8, 4) is 0 Å². The Morgan fingerprint density at radius 2 is 2.38 bits per heavy atom. The average molecular weight is 325 g/mol. The summed E-state index contributed by atoms with van der Waals surface area (Å²) in [6.07, 6.45) is 0.815. The fraction of sp³-hybridized carbons (Fsp3) is 0.556. The molecule has 0 amide bonds. The molecule has 1 aromatic rings. The van der Waals surface area contributed by atoms with Gasteiger partial charge in [-0.1, -0.05) is 0 Å². The summed E-state index contributed by atoms with van der Waals surface area (Å²) in [5.41, 5.74) is -0.373. The minimum Gasteiger partial charge on any atom is -0.315 e. The number of rotatable bonds is 3. The minimum atomic E-state index is -3.41. The Kier molecular flexibility index (Phi) is 3.42. The minimum absolute atomic E-state index is 0.348. The van der Waals surface area contributed by atoms with Crippen molar-refractivity contribution in [1.29, 1.82) is 0 Å². The molecule has 1 atom stereocenters. The van der Waals surface area contributed by atoms with Crippen LogP contribution in [0.5, 0.6) is 0 Å². The Labute approximate surface area is 108 Å². The zero-order valence-electron chi connectivity index (χ0n) is 8.79. The lowest BCUT2D eigenvalue weighted by atomic mass is 10.0. The lowest BCUT2D eigenvalue weighted by molar-refractivity contribution is 0.452. The summed E-state index contributed by atoms with van der Waals surface area (Å²) in [5, 5.41) is 4.92. The summed E-state index contributed by atoms with van der Waals surface area (Å²) in [5.74, 6) is 0. The van der Waals surface area contributed by atoms with Crippen LogP contribution in [-0.2, 0) is 10.0 Å². The van der Waals surface area contributed by atoms with E-state index >= 15 is 0 Å². The van der Waals surface area contributed by atoms with Gasteiger partial charge in [-0.3, -0.25) is 0 Å². The van der Waals surface area contributed by atoms with Crippen molar-refractivity contribution in [1.82, 2.24) is 10.0 Å². The molecule has 0 aromatic carbocycles. The van der Waals surface area contributed by atoms with Gasteiger partial charge in [0.1, 0.15) is 4.21 Å². The van der Waals surface area contributed by atoms with E-state index in [1.54, 1.807) is 11.4 Å². The predicted octanol–water partition coefficient (Wildman–Crippen LogP) is 1.54. The maximum absolute atomic E-state index is 12.1. The van der Waals surface area contributed by atoms with E-state index in [4.69, 9.17) is 0 Å². The Balaban J connectivity index is 2.24. The molecule has 1 fully saturated rings. The SMILES string of the molecule is CC1(NS(=O)(=O)c2sccc2Br)CCNC1. The van der Waals surface area contributed by atoms with Gasteiger partial charge in [-0.15, -0.1) is 11.3 Å². The van der Waals surface area contributed by atoms with Crippen LogP contribution in [0, 0.1) is 0 Å². The third-order valence-electron chi connectivity index (χ3n) is 2.58. The highest BCUT2D eigenvalue weighted by Gasteiger charge is 2.34. The Morgan fingerprint density at radius 3 is 2.88 bits per heavy atom. The third kappa shape index (κ3) is 2.48. The molecule has 1 aliphatic rings. The second-order valence-corrected chi connectivity index (χ2v) is 7.80. The smallest absolute Gasteiger partial charge is 0.251 e. The van der Waals surface area contributed by atoms with E-state index < -0.39 is 10.0 Å². The monoisotopic (exact) mass is 324 g/mol. The molecule has 7 heteroatoms. The molecule has 2 N–H and O–H groups in total. The van der Waals surface area contributed by atoms with Gasteiger partial charge in [0.2, 0.25) is 0 Å². The summed E-state index contributed by atoms with van der Waals surface area (Å²) in [6.45, 7) is 3.45. The van der Waals surface area contributed by atoms with Gasteiger partial charge in [-0.2, -0.15) is 0 Å². The van der Waals surface area contributed by atoms with Crippen LogP contribution in [0.4, 0.5) is 0 Å². The summed E-state index contributed by atoms with van der Waals surface area (Å²) in [4.78, 5) is 0. The zero-order chi connectivity index (χ0) is 11.8. The van der Waals surface area contributed by atoms with E-state index in [9.17, 15) is 8.42 Å². The van der Waals surface area contributed by atoms with E-state index in [2.05, 4.69) is 26.0 Å². The van der Waals surface area contributed by atoms with Crippen molar-refractivity contribution < 1.29 is 8.42 Å². The molecular weight excluding hydrogens is 312 g/mol. The Morgan fingerprint density at radius 1 is 1.62 bits per heavy atom. The van der Waals surface area contributed by atoms with Gasteiger partial charge in [0, 0.05) is 16.6 Å². The average Bonchev–Trinajstić information content (AvgIpc) is 2.73. The normalized spacial score (nSPS) is 26.1. The molecule has 0 spiro atoms.